The van der Waals surface area contributed by atoms with Gasteiger partial charge >= 0.3 is 0 Å². The number of rotatable bonds is 3. The molecule has 5 rings (SSSR count). The van der Waals surface area contributed by atoms with Gasteiger partial charge in [0, 0.05) is 12.0 Å². The third kappa shape index (κ3) is 3.64. The van der Waals surface area contributed by atoms with Gasteiger partial charge in [0.1, 0.15) is 22.8 Å². The van der Waals surface area contributed by atoms with E-state index in [1.807, 2.05) is 43.3 Å². The van der Waals surface area contributed by atoms with Crippen LogP contribution in [0.25, 0.3) is 12.2 Å². The predicted molar refractivity (Wildman–Crippen MR) is 129 cm³/mol. The van der Waals surface area contributed by atoms with E-state index in [0.29, 0.717) is 18.4 Å². The molecule has 0 saturated carbocycles. The van der Waals surface area contributed by atoms with Crippen molar-refractivity contribution in [2.45, 2.75) is 26.2 Å². The van der Waals surface area contributed by atoms with Crippen molar-refractivity contribution >= 4 is 29.6 Å². The molecule has 0 aliphatic heterocycles. The van der Waals surface area contributed by atoms with Crippen LogP contribution >= 0.6 is 0 Å². The predicted octanol–water partition coefficient (Wildman–Crippen LogP) is 3.94. The SMILES string of the molecule is Cc1ccc(/C=C/c2ccc(O)c3c2CC2C[C@H]4CC(O)=C(C(N)=O)C(=O)C4C(O)=C2C3=O)cc1. The summed E-state index contributed by atoms with van der Waals surface area (Å²) < 4.78 is 0. The third-order valence-electron chi connectivity index (χ3n) is 7.34. The Bertz CT molecular complexity index is 1380. The molecule has 0 saturated heterocycles. The summed E-state index contributed by atoms with van der Waals surface area (Å²) in [5, 5.41) is 31.9. The summed E-state index contributed by atoms with van der Waals surface area (Å²) in [7, 11) is 0. The Morgan fingerprint density at radius 2 is 1.71 bits per heavy atom. The molecule has 7 heteroatoms. The third-order valence-corrected chi connectivity index (χ3v) is 7.34. The average Bonchev–Trinajstić information content (AvgIpc) is 2.78. The molecule has 3 atom stereocenters. The standard InChI is InChI=1S/C28H25NO6/c1-13-2-4-14(5-3-13)6-7-15-8-9-19(30)23-18(15)11-16-10-17-12-20(31)24(28(29)35)27(34)22(17)25(32)21(16)26(23)33/h2-9,16-17,22,30-32H,10-12H2,1H3,(H2,29,35)/b7-6+/t16?,17-,22?/m0/s1. The van der Waals surface area contributed by atoms with E-state index >= 15 is 0 Å². The number of amides is 1. The van der Waals surface area contributed by atoms with Gasteiger partial charge in [-0.05, 0) is 54.4 Å². The summed E-state index contributed by atoms with van der Waals surface area (Å²) in [6, 6.07) is 11.2. The number of primary amides is 1. The number of aliphatic hydroxyl groups excluding tert-OH is 2. The molecular weight excluding hydrogens is 446 g/mol. The lowest BCUT2D eigenvalue weighted by Gasteiger charge is -2.41. The molecule has 0 aromatic heterocycles. The summed E-state index contributed by atoms with van der Waals surface area (Å²) in [5.41, 5.74) is 8.56. The molecule has 35 heavy (non-hydrogen) atoms. The molecule has 3 aliphatic rings. The lowest BCUT2D eigenvalue weighted by Crippen LogP contribution is -2.43. The van der Waals surface area contributed by atoms with E-state index in [0.717, 1.165) is 16.7 Å². The van der Waals surface area contributed by atoms with Crippen LogP contribution in [0.4, 0.5) is 0 Å². The van der Waals surface area contributed by atoms with Crippen LogP contribution in [0, 0.1) is 24.7 Å². The number of aryl methyl sites for hydroxylation is 1. The first kappa shape index (κ1) is 22.7. The molecule has 2 aromatic carbocycles. The quantitative estimate of drug-likeness (QED) is 0.395. The van der Waals surface area contributed by atoms with Crippen LogP contribution in [-0.4, -0.2) is 32.8 Å². The minimum Gasteiger partial charge on any atom is -0.511 e. The maximum absolute atomic E-state index is 13.5. The van der Waals surface area contributed by atoms with E-state index in [4.69, 9.17) is 5.73 Å². The maximum Gasteiger partial charge on any atom is 0.255 e. The number of nitrogens with two attached hydrogens (primary N) is 1. The van der Waals surface area contributed by atoms with E-state index in [9.17, 15) is 29.7 Å². The Morgan fingerprint density at radius 3 is 2.40 bits per heavy atom. The van der Waals surface area contributed by atoms with Crippen molar-refractivity contribution in [3.8, 4) is 5.75 Å². The second-order valence-electron chi connectivity index (χ2n) is 9.53. The highest BCUT2D eigenvalue weighted by atomic mass is 16.3. The normalized spacial score (nSPS) is 23.9. The maximum atomic E-state index is 13.5. The number of phenolic OH excluding ortho intramolecular Hbond substituents is 1. The molecule has 0 spiro atoms. The molecular formula is C28H25NO6. The Balaban J connectivity index is 1.57. The minimum absolute atomic E-state index is 0.0176. The summed E-state index contributed by atoms with van der Waals surface area (Å²) >= 11 is 0. The molecule has 0 heterocycles. The van der Waals surface area contributed by atoms with Crippen LogP contribution in [0.3, 0.4) is 0 Å². The highest BCUT2D eigenvalue weighted by molar-refractivity contribution is 6.22. The number of allylic oxidation sites excluding steroid dienone is 3. The van der Waals surface area contributed by atoms with Gasteiger partial charge in [0.15, 0.2) is 11.6 Å². The first-order chi connectivity index (χ1) is 16.7. The minimum atomic E-state index is -1.11. The zero-order chi connectivity index (χ0) is 25.0. The summed E-state index contributed by atoms with van der Waals surface area (Å²) in [6.07, 6.45) is 4.60. The molecule has 1 amide bonds. The van der Waals surface area contributed by atoms with Gasteiger partial charge in [-0.3, -0.25) is 14.4 Å². The van der Waals surface area contributed by atoms with Crippen LogP contribution < -0.4 is 5.73 Å². The molecule has 3 aliphatic carbocycles. The van der Waals surface area contributed by atoms with E-state index in [1.165, 1.54) is 6.07 Å². The number of hydrogen-bond acceptors (Lipinski definition) is 6. The number of ketones is 2. The van der Waals surface area contributed by atoms with Crippen molar-refractivity contribution in [1.29, 1.82) is 0 Å². The Kier molecular flexibility index (Phi) is 5.35. The Morgan fingerprint density at radius 1 is 1.00 bits per heavy atom. The lowest BCUT2D eigenvalue weighted by molar-refractivity contribution is -0.126. The molecule has 0 fully saturated rings. The Labute approximate surface area is 201 Å². The molecule has 2 unspecified atom stereocenters. The fourth-order valence-corrected chi connectivity index (χ4v) is 5.68. The lowest BCUT2D eigenvalue weighted by atomic mass is 9.62. The topological polar surface area (TPSA) is 138 Å². The number of benzene rings is 2. The Hall–Kier alpha value is -4.13. The average molecular weight is 472 g/mol. The van der Waals surface area contributed by atoms with Crippen molar-refractivity contribution in [3.05, 3.63) is 86.9 Å². The van der Waals surface area contributed by atoms with Crippen molar-refractivity contribution in [2.75, 3.05) is 0 Å². The number of phenols is 1. The number of fused-ring (bicyclic) bond motifs is 3. The van der Waals surface area contributed by atoms with Crippen LogP contribution in [0.5, 0.6) is 5.75 Å². The van der Waals surface area contributed by atoms with Crippen molar-refractivity contribution in [3.63, 3.8) is 0 Å². The van der Waals surface area contributed by atoms with E-state index in [-0.39, 0.29) is 35.0 Å². The number of hydrogen-bond donors (Lipinski definition) is 4. The zero-order valence-corrected chi connectivity index (χ0v) is 19.1. The van der Waals surface area contributed by atoms with Gasteiger partial charge in [0.05, 0.1) is 11.5 Å². The molecule has 7 nitrogen and oxygen atoms in total. The van der Waals surface area contributed by atoms with E-state index < -0.39 is 40.6 Å². The van der Waals surface area contributed by atoms with Crippen LogP contribution in [0.2, 0.25) is 0 Å². The number of aliphatic hydroxyl groups is 2. The van der Waals surface area contributed by atoms with Crippen molar-refractivity contribution < 1.29 is 29.7 Å². The fourth-order valence-electron chi connectivity index (χ4n) is 5.68. The van der Waals surface area contributed by atoms with E-state index in [2.05, 4.69) is 0 Å². The fraction of sp³-hybridized carbons (Fsp3) is 0.250. The van der Waals surface area contributed by atoms with Crippen molar-refractivity contribution in [2.24, 2.45) is 23.5 Å². The molecule has 0 radical (unpaired) electrons. The highest BCUT2D eigenvalue weighted by Crippen LogP contribution is 2.49. The molecule has 178 valence electrons. The first-order valence-corrected chi connectivity index (χ1v) is 11.5. The number of carbonyl (C=O) groups excluding carboxylic acids is 3. The largest absolute Gasteiger partial charge is 0.511 e. The van der Waals surface area contributed by atoms with Gasteiger partial charge in [-0.2, -0.15) is 0 Å². The van der Waals surface area contributed by atoms with E-state index in [1.54, 1.807) is 6.07 Å². The molecule has 5 N–H and O–H groups in total. The smallest absolute Gasteiger partial charge is 0.255 e. The van der Waals surface area contributed by atoms with Crippen LogP contribution in [0.15, 0.2) is 59.1 Å². The monoisotopic (exact) mass is 471 g/mol. The van der Waals surface area contributed by atoms with Crippen LogP contribution in [0.1, 0.15) is 45.5 Å². The zero-order valence-electron chi connectivity index (χ0n) is 19.1. The van der Waals surface area contributed by atoms with Gasteiger partial charge in [-0.25, -0.2) is 0 Å². The van der Waals surface area contributed by atoms with Gasteiger partial charge in [-0.1, -0.05) is 48.0 Å². The van der Waals surface area contributed by atoms with Gasteiger partial charge < -0.3 is 21.1 Å². The van der Waals surface area contributed by atoms with Gasteiger partial charge in [0.2, 0.25) is 0 Å². The summed E-state index contributed by atoms with van der Waals surface area (Å²) in [4.78, 5) is 38.2. The number of aromatic hydroxyl groups is 1. The molecule has 0 bridgehead atoms. The molecule has 2 aromatic rings. The van der Waals surface area contributed by atoms with Crippen LogP contribution in [-0.2, 0) is 16.0 Å². The van der Waals surface area contributed by atoms with Gasteiger partial charge in [-0.15, -0.1) is 0 Å². The summed E-state index contributed by atoms with van der Waals surface area (Å²) in [6.45, 7) is 2.01. The second-order valence-corrected chi connectivity index (χ2v) is 9.53. The van der Waals surface area contributed by atoms with Crippen molar-refractivity contribution in [1.82, 2.24) is 0 Å². The first-order valence-electron chi connectivity index (χ1n) is 11.5. The number of carbonyl (C=O) groups is 3. The highest BCUT2D eigenvalue weighted by Gasteiger charge is 2.50. The summed E-state index contributed by atoms with van der Waals surface area (Å²) in [5.74, 6) is -5.28. The second kappa shape index (κ2) is 8.27. The number of Topliss-reactive ketones (excluding diaryl/α,β-unsaturated/α-hetero) is 2. The van der Waals surface area contributed by atoms with Gasteiger partial charge in [0.25, 0.3) is 5.91 Å².